The number of nitrogens with one attached hydrogen (secondary N) is 1. The maximum atomic E-state index is 5.88. The number of hydrogen-bond donors (Lipinski definition) is 1. The van der Waals surface area contributed by atoms with E-state index in [4.69, 9.17) is 14.2 Å². The zero-order chi connectivity index (χ0) is 20.5. The molecule has 164 valence electrons. The van der Waals surface area contributed by atoms with E-state index in [1.54, 1.807) is 13.3 Å². The second kappa shape index (κ2) is 12.6. The van der Waals surface area contributed by atoms with Crippen LogP contribution in [0.3, 0.4) is 0 Å². The van der Waals surface area contributed by atoms with Gasteiger partial charge in [0.15, 0.2) is 5.96 Å². The number of rotatable bonds is 8. The van der Waals surface area contributed by atoms with E-state index in [9.17, 15) is 0 Å². The van der Waals surface area contributed by atoms with Gasteiger partial charge in [-0.3, -0.25) is 4.99 Å². The zero-order valence-electron chi connectivity index (χ0n) is 17.8. The molecule has 1 aliphatic rings. The molecule has 1 aliphatic heterocycles. The SMILES string of the molecule is CCOc1ccc(Oc2cc(CNC(=NC)N3CCC(COC)C3)ccn2)cc1.I. The third-order valence-corrected chi connectivity index (χ3v) is 4.81. The Kier molecular flexibility index (Phi) is 10.2. The Labute approximate surface area is 195 Å². The molecule has 1 aromatic heterocycles. The Balaban J connectivity index is 0.00000320. The van der Waals surface area contributed by atoms with Crippen molar-refractivity contribution in [3.8, 4) is 17.4 Å². The van der Waals surface area contributed by atoms with Gasteiger partial charge >= 0.3 is 0 Å². The number of halogens is 1. The molecule has 3 rings (SSSR count). The van der Waals surface area contributed by atoms with Crippen LogP contribution >= 0.6 is 24.0 Å². The van der Waals surface area contributed by atoms with E-state index in [-0.39, 0.29) is 24.0 Å². The fourth-order valence-electron chi connectivity index (χ4n) is 3.42. The van der Waals surface area contributed by atoms with Crippen molar-refractivity contribution in [3.63, 3.8) is 0 Å². The summed E-state index contributed by atoms with van der Waals surface area (Å²) in [4.78, 5) is 11.0. The summed E-state index contributed by atoms with van der Waals surface area (Å²) in [5.74, 6) is 3.59. The number of methoxy groups -OCH3 is 1. The summed E-state index contributed by atoms with van der Waals surface area (Å²) in [6, 6.07) is 11.5. The van der Waals surface area contributed by atoms with Gasteiger partial charge < -0.3 is 24.4 Å². The molecule has 7 nitrogen and oxygen atoms in total. The van der Waals surface area contributed by atoms with Gasteiger partial charge in [-0.05, 0) is 49.2 Å². The van der Waals surface area contributed by atoms with Crippen molar-refractivity contribution in [2.45, 2.75) is 19.9 Å². The molecule has 1 unspecified atom stereocenters. The van der Waals surface area contributed by atoms with Crippen molar-refractivity contribution in [2.24, 2.45) is 10.9 Å². The van der Waals surface area contributed by atoms with Gasteiger partial charge in [0.1, 0.15) is 11.5 Å². The molecule has 2 heterocycles. The molecule has 0 saturated carbocycles. The molecule has 8 heteroatoms. The predicted molar refractivity (Wildman–Crippen MR) is 129 cm³/mol. The highest BCUT2D eigenvalue weighted by Gasteiger charge is 2.24. The number of aliphatic imine (C=N–C) groups is 1. The van der Waals surface area contributed by atoms with Crippen LogP contribution in [0.1, 0.15) is 18.9 Å². The molecule has 0 spiro atoms. The normalized spacial score (nSPS) is 16.2. The summed E-state index contributed by atoms with van der Waals surface area (Å²) in [7, 11) is 3.57. The predicted octanol–water partition coefficient (Wildman–Crippen LogP) is 3.93. The lowest BCUT2D eigenvalue weighted by atomic mass is 10.1. The van der Waals surface area contributed by atoms with Gasteiger partial charge in [-0.2, -0.15) is 0 Å². The Bertz CT molecular complexity index is 801. The van der Waals surface area contributed by atoms with E-state index in [1.807, 2.05) is 50.4 Å². The lowest BCUT2D eigenvalue weighted by Gasteiger charge is -2.21. The van der Waals surface area contributed by atoms with Crippen LogP contribution in [-0.2, 0) is 11.3 Å². The largest absolute Gasteiger partial charge is 0.494 e. The van der Waals surface area contributed by atoms with Crippen LogP contribution in [0.25, 0.3) is 0 Å². The van der Waals surface area contributed by atoms with Crippen LogP contribution in [0.5, 0.6) is 17.4 Å². The summed E-state index contributed by atoms with van der Waals surface area (Å²) in [5.41, 5.74) is 1.08. The molecule has 1 saturated heterocycles. The molecule has 0 aliphatic carbocycles. The number of pyridine rings is 1. The highest BCUT2D eigenvalue weighted by atomic mass is 127. The Morgan fingerprint density at radius 3 is 2.70 bits per heavy atom. The third kappa shape index (κ3) is 7.02. The van der Waals surface area contributed by atoms with Crippen LogP contribution in [0.4, 0.5) is 0 Å². The second-order valence-electron chi connectivity index (χ2n) is 6.97. The lowest BCUT2D eigenvalue weighted by molar-refractivity contribution is 0.157. The summed E-state index contributed by atoms with van der Waals surface area (Å²) < 4.78 is 16.6. The van der Waals surface area contributed by atoms with Gasteiger partial charge in [0.05, 0.1) is 13.2 Å². The van der Waals surface area contributed by atoms with Crippen LogP contribution in [0.2, 0.25) is 0 Å². The summed E-state index contributed by atoms with van der Waals surface area (Å²) in [5, 5.41) is 3.44. The van der Waals surface area contributed by atoms with Crippen LogP contribution in [0.15, 0.2) is 47.6 Å². The average molecular weight is 526 g/mol. The number of nitrogens with zero attached hydrogens (tertiary/aromatic N) is 3. The fraction of sp³-hybridized carbons (Fsp3) is 0.455. The molecule has 0 amide bonds. The van der Waals surface area contributed by atoms with E-state index in [0.717, 1.165) is 49.1 Å². The van der Waals surface area contributed by atoms with Crippen molar-refractivity contribution < 1.29 is 14.2 Å². The van der Waals surface area contributed by atoms with Crippen molar-refractivity contribution in [2.75, 3.05) is 40.5 Å². The van der Waals surface area contributed by atoms with Gasteiger partial charge in [-0.25, -0.2) is 4.98 Å². The smallest absolute Gasteiger partial charge is 0.219 e. The molecule has 1 fully saturated rings. The monoisotopic (exact) mass is 526 g/mol. The van der Waals surface area contributed by atoms with Gasteiger partial charge in [-0.15, -0.1) is 24.0 Å². The topological polar surface area (TPSA) is 68.2 Å². The van der Waals surface area contributed by atoms with E-state index < -0.39 is 0 Å². The number of benzene rings is 1. The highest BCUT2D eigenvalue weighted by Crippen LogP contribution is 2.23. The van der Waals surface area contributed by atoms with Gasteiger partial charge in [0, 0.05) is 52.0 Å². The Morgan fingerprint density at radius 1 is 1.23 bits per heavy atom. The van der Waals surface area contributed by atoms with Gasteiger partial charge in [0.25, 0.3) is 0 Å². The van der Waals surface area contributed by atoms with Gasteiger partial charge in [-0.1, -0.05) is 0 Å². The van der Waals surface area contributed by atoms with Crippen molar-refractivity contribution >= 4 is 29.9 Å². The first-order chi connectivity index (χ1) is 14.2. The average Bonchev–Trinajstić information content (AvgIpc) is 3.19. The first-order valence-electron chi connectivity index (χ1n) is 10.0. The number of aromatic nitrogens is 1. The van der Waals surface area contributed by atoms with Crippen LogP contribution < -0.4 is 14.8 Å². The van der Waals surface area contributed by atoms with Crippen molar-refractivity contribution in [1.29, 1.82) is 0 Å². The van der Waals surface area contributed by atoms with Crippen molar-refractivity contribution in [1.82, 2.24) is 15.2 Å². The summed E-state index contributed by atoms with van der Waals surface area (Å²) >= 11 is 0. The number of likely N-dealkylation sites (tertiary alicyclic amines) is 1. The van der Waals surface area contributed by atoms with Crippen LogP contribution in [0, 0.1) is 5.92 Å². The molecule has 0 radical (unpaired) electrons. The number of ether oxygens (including phenoxy) is 3. The minimum absolute atomic E-state index is 0. The summed E-state index contributed by atoms with van der Waals surface area (Å²) in [6.45, 7) is 6.02. The van der Waals surface area contributed by atoms with E-state index in [0.29, 0.717) is 24.9 Å². The maximum absolute atomic E-state index is 5.88. The highest BCUT2D eigenvalue weighted by molar-refractivity contribution is 14.0. The zero-order valence-corrected chi connectivity index (χ0v) is 20.2. The molecule has 2 aromatic rings. The van der Waals surface area contributed by atoms with Crippen LogP contribution in [-0.4, -0.2) is 56.3 Å². The number of guanidine groups is 1. The Morgan fingerprint density at radius 2 is 2.00 bits per heavy atom. The quantitative estimate of drug-likeness (QED) is 0.320. The first-order valence-corrected chi connectivity index (χ1v) is 10.0. The molecule has 0 bridgehead atoms. The lowest BCUT2D eigenvalue weighted by Crippen LogP contribution is -2.39. The molecule has 30 heavy (non-hydrogen) atoms. The van der Waals surface area contributed by atoms with E-state index >= 15 is 0 Å². The first kappa shape index (κ1) is 24.2. The minimum atomic E-state index is 0. The maximum Gasteiger partial charge on any atom is 0.219 e. The molecule has 1 N–H and O–H groups in total. The summed E-state index contributed by atoms with van der Waals surface area (Å²) in [6.07, 6.45) is 2.89. The second-order valence-corrected chi connectivity index (χ2v) is 6.97. The molecule has 1 aromatic carbocycles. The van der Waals surface area contributed by atoms with E-state index in [1.165, 1.54) is 0 Å². The van der Waals surface area contributed by atoms with E-state index in [2.05, 4.69) is 20.2 Å². The van der Waals surface area contributed by atoms with Gasteiger partial charge in [0.2, 0.25) is 5.88 Å². The number of hydrogen-bond acceptors (Lipinski definition) is 5. The molecular formula is C22H31IN4O3. The molecular weight excluding hydrogens is 495 g/mol. The minimum Gasteiger partial charge on any atom is -0.494 e. The third-order valence-electron chi connectivity index (χ3n) is 4.81. The Hall–Kier alpha value is -2.07. The molecule has 1 atom stereocenters. The van der Waals surface area contributed by atoms with Crippen molar-refractivity contribution in [3.05, 3.63) is 48.2 Å². The standard InChI is InChI=1S/C22H30N4O3.HI/c1-4-28-19-5-7-20(8-6-19)29-21-13-17(9-11-24-21)14-25-22(23-2)26-12-10-18(15-26)16-27-3;/h5-9,11,13,18H,4,10,12,14-16H2,1-3H3,(H,23,25);1H. The fourth-order valence-corrected chi connectivity index (χ4v) is 3.42.